The zero-order valence-corrected chi connectivity index (χ0v) is 14.5. The molecule has 0 unspecified atom stereocenters. The van der Waals surface area contributed by atoms with E-state index in [1.165, 1.54) is 4.88 Å². The summed E-state index contributed by atoms with van der Waals surface area (Å²) in [6.07, 6.45) is 1.47. The summed E-state index contributed by atoms with van der Waals surface area (Å²) in [5.74, 6) is -0.00125. The number of ketones is 1. The summed E-state index contributed by atoms with van der Waals surface area (Å²) in [7, 11) is 0. The minimum absolute atomic E-state index is 0.0432. The van der Waals surface area contributed by atoms with Gasteiger partial charge in [0.25, 0.3) is 0 Å². The van der Waals surface area contributed by atoms with Crippen LogP contribution in [-0.4, -0.2) is 11.7 Å². The highest BCUT2D eigenvalue weighted by atomic mass is 35.5. The average molecular weight is 358 g/mol. The summed E-state index contributed by atoms with van der Waals surface area (Å²) in [5.41, 5.74) is 2.39. The molecule has 1 aliphatic heterocycles. The molecule has 2 heterocycles. The van der Waals surface area contributed by atoms with Gasteiger partial charge in [-0.25, -0.2) is 0 Å². The Morgan fingerprint density at radius 1 is 1.04 bits per heavy atom. The van der Waals surface area contributed by atoms with Crippen LogP contribution in [0.25, 0.3) is 0 Å². The maximum absolute atomic E-state index is 12.9. The van der Waals surface area contributed by atoms with E-state index in [-0.39, 0.29) is 29.9 Å². The zero-order valence-electron chi connectivity index (χ0n) is 12.9. The Balaban J connectivity index is 1.76. The fourth-order valence-corrected chi connectivity index (χ4v) is 4.81. The van der Waals surface area contributed by atoms with Crippen molar-refractivity contribution in [2.24, 2.45) is 0 Å². The van der Waals surface area contributed by atoms with Gasteiger partial charge in [0.2, 0.25) is 5.91 Å². The smallest absolute Gasteiger partial charge is 0.225 e. The highest BCUT2D eigenvalue weighted by molar-refractivity contribution is 7.10. The lowest BCUT2D eigenvalue weighted by atomic mass is 9.75. The van der Waals surface area contributed by atoms with Crippen molar-refractivity contribution >= 4 is 34.6 Å². The quantitative estimate of drug-likeness (QED) is 0.865. The minimum atomic E-state index is -0.237. The Kier molecular flexibility index (Phi) is 4.02. The van der Waals surface area contributed by atoms with Gasteiger partial charge in [-0.1, -0.05) is 35.9 Å². The molecule has 1 N–H and O–H groups in total. The molecular weight excluding hydrogens is 342 g/mol. The number of hydrogen-bond acceptors (Lipinski definition) is 3. The molecule has 1 aromatic heterocycles. The van der Waals surface area contributed by atoms with Crippen molar-refractivity contribution in [1.82, 2.24) is 5.32 Å². The molecule has 2 atom stereocenters. The predicted octanol–water partition coefficient (Wildman–Crippen LogP) is 4.41. The van der Waals surface area contributed by atoms with E-state index in [0.29, 0.717) is 17.9 Å². The van der Waals surface area contributed by atoms with Crippen LogP contribution in [0.3, 0.4) is 0 Å². The second-order valence-electron chi connectivity index (χ2n) is 6.26. The van der Waals surface area contributed by atoms with Crippen LogP contribution in [0.4, 0.5) is 0 Å². The van der Waals surface area contributed by atoms with Crippen molar-refractivity contribution in [1.29, 1.82) is 0 Å². The van der Waals surface area contributed by atoms with Crippen LogP contribution in [0.15, 0.2) is 53.0 Å². The van der Waals surface area contributed by atoms with E-state index in [2.05, 4.69) is 11.4 Å². The van der Waals surface area contributed by atoms with E-state index in [1.807, 2.05) is 35.7 Å². The van der Waals surface area contributed by atoms with E-state index >= 15 is 0 Å². The molecule has 0 bridgehead atoms. The number of nitrogens with one attached hydrogen (secondary N) is 1. The summed E-state index contributed by atoms with van der Waals surface area (Å²) in [6.45, 7) is 0. The summed E-state index contributed by atoms with van der Waals surface area (Å²) in [4.78, 5) is 26.3. The number of Topliss-reactive ketones (excluding diaryl/α,β-unsaturated/α-hetero) is 1. The third kappa shape index (κ3) is 2.70. The third-order valence-electron chi connectivity index (χ3n) is 4.76. The molecule has 2 aliphatic rings. The van der Waals surface area contributed by atoms with Gasteiger partial charge in [0.1, 0.15) is 0 Å². The Bertz CT molecular complexity index is 841. The molecule has 4 rings (SSSR count). The van der Waals surface area contributed by atoms with Gasteiger partial charge in [0, 0.05) is 45.8 Å². The SMILES string of the molecule is O=C1C[C@@H](c2ccccc2Cl)C2=C(C[C@H](c3cccs3)CC2=O)N1. The van der Waals surface area contributed by atoms with Crippen molar-refractivity contribution in [3.63, 3.8) is 0 Å². The lowest BCUT2D eigenvalue weighted by Crippen LogP contribution is -2.38. The van der Waals surface area contributed by atoms with Gasteiger partial charge in [-0.2, -0.15) is 0 Å². The van der Waals surface area contributed by atoms with E-state index in [1.54, 1.807) is 11.3 Å². The van der Waals surface area contributed by atoms with Crippen LogP contribution >= 0.6 is 22.9 Å². The molecule has 3 nitrogen and oxygen atoms in total. The van der Waals surface area contributed by atoms with E-state index < -0.39 is 0 Å². The average Bonchev–Trinajstić information content (AvgIpc) is 3.08. The zero-order chi connectivity index (χ0) is 16.7. The van der Waals surface area contributed by atoms with Crippen molar-refractivity contribution in [3.8, 4) is 0 Å². The molecule has 0 saturated heterocycles. The van der Waals surface area contributed by atoms with Gasteiger partial charge in [0.15, 0.2) is 5.78 Å². The maximum Gasteiger partial charge on any atom is 0.225 e. The Hall–Kier alpha value is -1.91. The number of benzene rings is 1. The molecule has 1 aliphatic carbocycles. The summed E-state index contributed by atoms with van der Waals surface area (Å²) in [6, 6.07) is 11.5. The van der Waals surface area contributed by atoms with Crippen LogP contribution in [0.2, 0.25) is 5.02 Å². The van der Waals surface area contributed by atoms with Crippen LogP contribution < -0.4 is 5.32 Å². The number of hydrogen-bond donors (Lipinski definition) is 1. The molecular formula is C19H16ClNO2S. The number of allylic oxidation sites excluding steroid dienone is 2. The lowest BCUT2D eigenvalue weighted by molar-refractivity contribution is -0.122. The fourth-order valence-electron chi connectivity index (χ4n) is 3.71. The van der Waals surface area contributed by atoms with Crippen LogP contribution in [0.1, 0.15) is 41.5 Å². The van der Waals surface area contributed by atoms with Gasteiger partial charge in [-0.05, 0) is 29.5 Å². The van der Waals surface area contributed by atoms with Crippen LogP contribution in [0.5, 0.6) is 0 Å². The number of halogens is 1. The molecule has 0 fully saturated rings. The highest BCUT2D eigenvalue weighted by Crippen LogP contribution is 2.44. The molecule has 1 amide bonds. The summed E-state index contributed by atoms with van der Waals surface area (Å²) in [5, 5.41) is 5.57. The first kappa shape index (κ1) is 15.6. The standard InChI is InChI=1S/C19H16ClNO2S/c20-14-5-2-1-4-12(14)13-10-18(23)21-15-8-11(9-16(22)19(13)15)17-6-3-7-24-17/h1-7,11,13H,8-10H2,(H,21,23)/t11-,13-/m0/s1. The van der Waals surface area contributed by atoms with Crippen LogP contribution in [-0.2, 0) is 9.59 Å². The van der Waals surface area contributed by atoms with Crippen molar-refractivity contribution in [2.45, 2.75) is 31.1 Å². The topological polar surface area (TPSA) is 46.2 Å². The van der Waals surface area contributed by atoms with Gasteiger partial charge < -0.3 is 5.32 Å². The number of carbonyl (C=O) groups is 2. The van der Waals surface area contributed by atoms with Gasteiger partial charge in [-0.3, -0.25) is 9.59 Å². The second kappa shape index (κ2) is 6.19. The number of rotatable bonds is 2. The fraction of sp³-hybridized carbons (Fsp3) is 0.263. The van der Waals surface area contributed by atoms with Crippen molar-refractivity contribution in [2.75, 3.05) is 0 Å². The molecule has 0 radical (unpaired) electrons. The van der Waals surface area contributed by atoms with E-state index in [9.17, 15) is 9.59 Å². The largest absolute Gasteiger partial charge is 0.329 e. The molecule has 5 heteroatoms. The predicted molar refractivity (Wildman–Crippen MR) is 95.3 cm³/mol. The molecule has 0 saturated carbocycles. The van der Waals surface area contributed by atoms with Crippen molar-refractivity contribution in [3.05, 3.63) is 68.5 Å². The second-order valence-corrected chi connectivity index (χ2v) is 7.65. The first-order valence-electron chi connectivity index (χ1n) is 7.97. The molecule has 2 aromatic rings. The number of amides is 1. The summed E-state index contributed by atoms with van der Waals surface area (Å²) < 4.78 is 0. The van der Waals surface area contributed by atoms with E-state index in [0.717, 1.165) is 16.8 Å². The first-order chi connectivity index (χ1) is 11.6. The molecule has 24 heavy (non-hydrogen) atoms. The Morgan fingerprint density at radius 2 is 1.88 bits per heavy atom. The third-order valence-corrected chi connectivity index (χ3v) is 6.14. The molecule has 122 valence electrons. The van der Waals surface area contributed by atoms with Gasteiger partial charge in [0.05, 0.1) is 0 Å². The molecule has 0 spiro atoms. The summed E-state index contributed by atoms with van der Waals surface area (Å²) >= 11 is 7.99. The highest BCUT2D eigenvalue weighted by Gasteiger charge is 2.38. The normalized spacial score (nSPS) is 23.9. The molecule has 1 aromatic carbocycles. The Labute approximate surface area is 149 Å². The van der Waals surface area contributed by atoms with Gasteiger partial charge >= 0.3 is 0 Å². The number of thiophene rings is 1. The van der Waals surface area contributed by atoms with Gasteiger partial charge in [-0.15, -0.1) is 11.3 Å². The van der Waals surface area contributed by atoms with Crippen LogP contribution in [0, 0.1) is 0 Å². The maximum atomic E-state index is 12.9. The monoisotopic (exact) mass is 357 g/mol. The minimum Gasteiger partial charge on any atom is -0.329 e. The lowest BCUT2D eigenvalue weighted by Gasteiger charge is -2.34. The number of carbonyl (C=O) groups excluding carboxylic acids is 2. The van der Waals surface area contributed by atoms with E-state index in [4.69, 9.17) is 11.6 Å². The Morgan fingerprint density at radius 3 is 2.62 bits per heavy atom. The van der Waals surface area contributed by atoms with Crippen molar-refractivity contribution < 1.29 is 9.59 Å². The first-order valence-corrected chi connectivity index (χ1v) is 9.23.